The Bertz CT molecular complexity index is 165. The molecule has 0 saturated carbocycles. The summed E-state index contributed by atoms with van der Waals surface area (Å²) in [6.07, 6.45) is 4.31. The van der Waals surface area contributed by atoms with E-state index < -0.39 is 0 Å². The highest BCUT2D eigenvalue weighted by Gasteiger charge is 2.17. The largest absolute Gasteiger partial charge is 0.458 e. The van der Waals surface area contributed by atoms with Gasteiger partial charge in [0.1, 0.15) is 6.10 Å². The highest BCUT2D eigenvalue weighted by molar-refractivity contribution is 5.66. The molecule has 0 aromatic heterocycles. The minimum Gasteiger partial charge on any atom is -0.458 e. The summed E-state index contributed by atoms with van der Waals surface area (Å²) in [5, 5.41) is 0. The van der Waals surface area contributed by atoms with Crippen molar-refractivity contribution in [1.29, 1.82) is 0 Å². The van der Waals surface area contributed by atoms with Crippen LogP contribution < -0.4 is 5.73 Å². The summed E-state index contributed by atoms with van der Waals surface area (Å²) in [5.74, 6) is -0.247. The van der Waals surface area contributed by atoms with Crippen molar-refractivity contribution in [1.82, 2.24) is 0 Å². The number of carbonyl (C=O) groups is 1. The van der Waals surface area contributed by atoms with Gasteiger partial charge in [0.25, 0.3) is 0 Å². The van der Waals surface area contributed by atoms with Gasteiger partial charge in [0.05, 0.1) is 0 Å². The minimum absolute atomic E-state index is 0.0596. The van der Waals surface area contributed by atoms with Crippen molar-refractivity contribution in [3.8, 4) is 0 Å². The van der Waals surface area contributed by atoms with E-state index >= 15 is 0 Å². The Balaban J connectivity index is 2.33. The normalized spacial score (nSPS) is 30.6. The lowest BCUT2D eigenvalue weighted by Crippen LogP contribution is -2.19. The molecule has 10 heavy (non-hydrogen) atoms. The molecule has 56 valence electrons. The fraction of sp³-hybridized carbons (Fsp3) is 0.571. The number of esters is 1. The lowest BCUT2D eigenvalue weighted by atomic mass is 10.2. The first-order chi connectivity index (χ1) is 4.68. The summed E-state index contributed by atoms with van der Waals surface area (Å²) in [7, 11) is 0. The first-order valence-corrected chi connectivity index (χ1v) is 3.29. The Labute approximate surface area is 59.8 Å². The van der Waals surface area contributed by atoms with Gasteiger partial charge in [0.15, 0.2) is 0 Å². The van der Waals surface area contributed by atoms with Crippen molar-refractivity contribution in [2.45, 2.75) is 25.5 Å². The SMILES string of the molecule is CC(=O)O[C@H]1C=C[C@H](N)C1. The summed E-state index contributed by atoms with van der Waals surface area (Å²) in [5.41, 5.74) is 5.52. The van der Waals surface area contributed by atoms with E-state index in [2.05, 4.69) is 0 Å². The molecule has 0 heterocycles. The molecule has 0 unspecified atom stereocenters. The van der Waals surface area contributed by atoms with Crippen LogP contribution in [0.2, 0.25) is 0 Å². The van der Waals surface area contributed by atoms with Gasteiger partial charge in [-0.1, -0.05) is 6.08 Å². The Morgan fingerprint density at radius 1 is 1.70 bits per heavy atom. The zero-order valence-electron chi connectivity index (χ0n) is 5.91. The first kappa shape index (κ1) is 7.28. The second kappa shape index (κ2) is 2.84. The third-order valence-corrected chi connectivity index (χ3v) is 1.39. The Morgan fingerprint density at radius 3 is 2.80 bits per heavy atom. The fourth-order valence-corrected chi connectivity index (χ4v) is 0.993. The van der Waals surface area contributed by atoms with Crippen LogP contribution in [0.3, 0.4) is 0 Å². The van der Waals surface area contributed by atoms with E-state index in [1.807, 2.05) is 12.2 Å². The standard InChI is InChI=1S/C7H11NO2/c1-5(9)10-7-3-2-6(8)4-7/h2-3,6-7H,4,8H2,1H3/t6-,7-/m0/s1. The van der Waals surface area contributed by atoms with Crippen molar-refractivity contribution < 1.29 is 9.53 Å². The molecule has 0 bridgehead atoms. The quantitative estimate of drug-likeness (QED) is 0.419. The maximum atomic E-state index is 10.4. The van der Waals surface area contributed by atoms with Crippen molar-refractivity contribution in [2.24, 2.45) is 5.73 Å². The van der Waals surface area contributed by atoms with Gasteiger partial charge in [0.2, 0.25) is 0 Å². The van der Waals surface area contributed by atoms with Gasteiger partial charge in [-0.15, -0.1) is 0 Å². The molecular weight excluding hydrogens is 130 g/mol. The Hall–Kier alpha value is -0.830. The van der Waals surface area contributed by atoms with Crippen molar-refractivity contribution in [3.63, 3.8) is 0 Å². The van der Waals surface area contributed by atoms with E-state index in [-0.39, 0.29) is 18.1 Å². The lowest BCUT2D eigenvalue weighted by molar-refractivity contribution is -0.144. The van der Waals surface area contributed by atoms with Gasteiger partial charge < -0.3 is 10.5 Å². The maximum Gasteiger partial charge on any atom is 0.303 e. The van der Waals surface area contributed by atoms with Crippen LogP contribution in [-0.4, -0.2) is 18.1 Å². The van der Waals surface area contributed by atoms with Crippen LogP contribution in [-0.2, 0) is 9.53 Å². The molecular formula is C7H11NO2. The van der Waals surface area contributed by atoms with Crippen LogP contribution in [0.1, 0.15) is 13.3 Å². The highest BCUT2D eigenvalue weighted by atomic mass is 16.5. The molecule has 0 aliphatic heterocycles. The molecule has 0 spiro atoms. The molecule has 0 aromatic carbocycles. The fourth-order valence-electron chi connectivity index (χ4n) is 0.993. The molecule has 3 heteroatoms. The Morgan fingerprint density at radius 2 is 2.40 bits per heavy atom. The molecule has 3 nitrogen and oxygen atoms in total. The average molecular weight is 141 g/mol. The average Bonchev–Trinajstić information content (AvgIpc) is 2.13. The number of carbonyl (C=O) groups excluding carboxylic acids is 1. The molecule has 1 aliphatic rings. The summed E-state index contributed by atoms with van der Waals surface area (Å²) in [4.78, 5) is 10.4. The van der Waals surface area contributed by atoms with Gasteiger partial charge in [-0.05, 0) is 6.08 Å². The summed E-state index contributed by atoms with van der Waals surface area (Å²) < 4.78 is 4.88. The third-order valence-electron chi connectivity index (χ3n) is 1.39. The van der Waals surface area contributed by atoms with E-state index in [1.54, 1.807) is 0 Å². The minimum atomic E-state index is -0.247. The smallest absolute Gasteiger partial charge is 0.303 e. The van der Waals surface area contributed by atoms with E-state index in [4.69, 9.17) is 10.5 Å². The zero-order chi connectivity index (χ0) is 7.56. The number of hydrogen-bond acceptors (Lipinski definition) is 3. The predicted octanol–water partition coefficient (Wildman–Crippen LogP) is 0.205. The lowest BCUT2D eigenvalue weighted by Gasteiger charge is -2.08. The number of ether oxygens (including phenoxy) is 1. The van der Waals surface area contributed by atoms with Gasteiger partial charge in [-0.2, -0.15) is 0 Å². The molecule has 0 fully saturated rings. The number of nitrogens with two attached hydrogens (primary N) is 1. The van der Waals surface area contributed by atoms with Gasteiger partial charge in [0, 0.05) is 19.4 Å². The van der Waals surface area contributed by atoms with Crippen LogP contribution in [0.25, 0.3) is 0 Å². The van der Waals surface area contributed by atoms with Crippen LogP contribution >= 0.6 is 0 Å². The van der Waals surface area contributed by atoms with Crippen LogP contribution in [0.5, 0.6) is 0 Å². The van der Waals surface area contributed by atoms with Gasteiger partial charge in [-0.25, -0.2) is 0 Å². The second-order valence-electron chi connectivity index (χ2n) is 2.43. The van der Waals surface area contributed by atoms with Crippen molar-refractivity contribution >= 4 is 5.97 Å². The molecule has 1 aliphatic carbocycles. The molecule has 0 saturated heterocycles. The number of rotatable bonds is 1. The molecule has 1 rings (SSSR count). The molecule has 0 radical (unpaired) electrons. The van der Waals surface area contributed by atoms with Gasteiger partial charge in [-0.3, -0.25) is 4.79 Å². The van der Waals surface area contributed by atoms with Crippen LogP contribution in [0, 0.1) is 0 Å². The third kappa shape index (κ3) is 1.84. The van der Waals surface area contributed by atoms with Crippen molar-refractivity contribution in [3.05, 3.63) is 12.2 Å². The maximum absolute atomic E-state index is 10.4. The zero-order valence-corrected chi connectivity index (χ0v) is 5.91. The first-order valence-electron chi connectivity index (χ1n) is 3.29. The topological polar surface area (TPSA) is 52.3 Å². The van der Waals surface area contributed by atoms with E-state index in [0.717, 1.165) is 6.42 Å². The van der Waals surface area contributed by atoms with Crippen LogP contribution in [0.15, 0.2) is 12.2 Å². The predicted molar refractivity (Wildman–Crippen MR) is 37.3 cm³/mol. The number of hydrogen-bond donors (Lipinski definition) is 1. The van der Waals surface area contributed by atoms with E-state index in [1.165, 1.54) is 6.92 Å². The molecule has 0 amide bonds. The highest BCUT2D eigenvalue weighted by Crippen LogP contribution is 2.11. The molecule has 2 N–H and O–H groups in total. The Kier molecular flexibility index (Phi) is 2.06. The summed E-state index contributed by atoms with van der Waals surface area (Å²) >= 11 is 0. The molecule has 2 atom stereocenters. The summed E-state index contributed by atoms with van der Waals surface area (Å²) in [6.45, 7) is 1.40. The second-order valence-corrected chi connectivity index (χ2v) is 2.43. The van der Waals surface area contributed by atoms with Gasteiger partial charge >= 0.3 is 5.97 Å². The van der Waals surface area contributed by atoms with E-state index in [0.29, 0.717) is 0 Å². The molecule has 0 aromatic rings. The van der Waals surface area contributed by atoms with Crippen LogP contribution in [0.4, 0.5) is 0 Å². The summed E-state index contributed by atoms with van der Waals surface area (Å²) in [6, 6.07) is 0.0596. The van der Waals surface area contributed by atoms with E-state index in [9.17, 15) is 4.79 Å². The van der Waals surface area contributed by atoms with Crippen molar-refractivity contribution in [2.75, 3.05) is 0 Å². The monoisotopic (exact) mass is 141 g/mol.